The zero-order valence-corrected chi connectivity index (χ0v) is 11.3. The number of halogens is 4. The van der Waals surface area contributed by atoms with Crippen molar-refractivity contribution >= 4 is 21.6 Å². The van der Waals surface area contributed by atoms with Crippen LogP contribution >= 0.6 is 11.6 Å². The molecule has 1 aromatic carbocycles. The van der Waals surface area contributed by atoms with Crippen molar-refractivity contribution in [3.05, 3.63) is 28.8 Å². The largest absolute Gasteiger partial charge is 0.417 e. The van der Waals surface area contributed by atoms with E-state index in [2.05, 4.69) is 0 Å². The molecule has 0 bridgehead atoms. The molecule has 0 atom stereocenters. The van der Waals surface area contributed by atoms with Crippen LogP contribution in [0, 0.1) is 0 Å². The first-order chi connectivity index (χ1) is 8.73. The smallest absolute Gasteiger partial charge is 0.207 e. The Hall–Kier alpha value is -0.790. The molecule has 1 aliphatic rings. The highest BCUT2D eigenvalue weighted by molar-refractivity contribution is 7.89. The van der Waals surface area contributed by atoms with Gasteiger partial charge in [-0.05, 0) is 31.0 Å². The standard InChI is InChI=1S/C11H11ClF3NO2S/c12-8-3-4-10(9(7-8)11(13,14)15)19(17,18)16-5-1-2-6-16/h3-4,7H,1-2,5-6H2. The van der Waals surface area contributed by atoms with E-state index >= 15 is 0 Å². The molecule has 0 radical (unpaired) electrons. The highest BCUT2D eigenvalue weighted by Gasteiger charge is 2.39. The van der Waals surface area contributed by atoms with Crippen molar-refractivity contribution in [2.75, 3.05) is 13.1 Å². The Morgan fingerprint density at radius 2 is 1.74 bits per heavy atom. The van der Waals surface area contributed by atoms with E-state index < -0.39 is 26.7 Å². The van der Waals surface area contributed by atoms with Gasteiger partial charge in [0, 0.05) is 18.1 Å². The van der Waals surface area contributed by atoms with Crippen LogP contribution in [0.5, 0.6) is 0 Å². The Bertz CT molecular complexity index is 580. The van der Waals surface area contributed by atoms with Crippen LogP contribution in [0.1, 0.15) is 18.4 Å². The van der Waals surface area contributed by atoms with E-state index in [1.807, 2.05) is 0 Å². The highest BCUT2D eigenvalue weighted by Crippen LogP contribution is 2.37. The maximum absolute atomic E-state index is 12.9. The van der Waals surface area contributed by atoms with Gasteiger partial charge in [0.15, 0.2) is 0 Å². The molecule has 1 aromatic rings. The molecule has 106 valence electrons. The van der Waals surface area contributed by atoms with Crippen molar-refractivity contribution in [2.24, 2.45) is 0 Å². The molecule has 0 amide bonds. The van der Waals surface area contributed by atoms with Gasteiger partial charge in [-0.15, -0.1) is 0 Å². The summed E-state index contributed by atoms with van der Waals surface area (Å²) in [7, 11) is -4.11. The van der Waals surface area contributed by atoms with Crippen LogP contribution in [0.25, 0.3) is 0 Å². The topological polar surface area (TPSA) is 37.4 Å². The average Bonchev–Trinajstić information content (AvgIpc) is 2.81. The van der Waals surface area contributed by atoms with E-state index in [-0.39, 0.29) is 18.1 Å². The molecule has 8 heteroatoms. The number of hydrogen-bond acceptors (Lipinski definition) is 2. The SMILES string of the molecule is O=S(=O)(c1ccc(Cl)cc1C(F)(F)F)N1CCCC1. The lowest BCUT2D eigenvalue weighted by molar-refractivity contribution is -0.139. The number of hydrogen-bond donors (Lipinski definition) is 0. The molecule has 2 rings (SSSR count). The Kier molecular flexibility index (Phi) is 3.81. The van der Waals surface area contributed by atoms with Crippen LogP contribution < -0.4 is 0 Å². The number of rotatable bonds is 2. The number of nitrogens with zero attached hydrogens (tertiary/aromatic N) is 1. The Labute approximate surface area is 114 Å². The van der Waals surface area contributed by atoms with Gasteiger partial charge in [-0.1, -0.05) is 11.6 Å². The number of sulfonamides is 1. The zero-order chi connectivity index (χ0) is 14.3. The summed E-state index contributed by atoms with van der Waals surface area (Å²) in [5.74, 6) is 0. The van der Waals surface area contributed by atoms with Crippen molar-refractivity contribution in [1.29, 1.82) is 0 Å². The molecule has 0 saturated carbocycles. The Morgan fingerprint density at radius 3 is 2.26 bits per heavy atom. The van der Waals surface area contributed by atoms with Gasteiger partial charge < -0.3 is 0 Å². The molecule has 1 fully saturated rings. The molecule has 1 saturated heterocycles. The molecule has 19 heavy (non-hydrogen) atoms. The van der Waals surface area contributed by atoms with Gasteiger partial charge in [-0.3, -0.25) is 0 Å². The van der Waals surface area contributed by atoms with Crippen LogP contribution in [0.2, 0.25) is 5.02 Å². The van der Waals surface area contributed by atoms with Crippen LogP contribution in [-0.4, -0.2) is 25.8 Å². The quantitative estimate of drug-likeness (QED) is 0.841. The summed E-state index contributed by atoms with van der Waals surface area (Å²) in [4.78, 5) is -0.730. The Morgan fingerprint density at radius 1 is 1.16 bits per heavy atom. The third-order valence-corrected chi connectivity index (χ3v) is 5.12. The van der Waals surface area contributed by atoms with Crippen molar-refractivity contribution in [3.8, 4) is 0 Å². The van der Waals surface area contributed by atoms with E-state index in [9.17, 15) is 21.6 Å². The maximum Gasteiger partial charge on any atom is 0.417 e. The lowest BCUT2D eigenvalue weighted by Gasteiger charge is -2.19. The zero-order valence-electron chi connectivity index (χ0n) is 9.74. The van der Waals surface area contributed by atoms with E-state index in [1.165, 1.54) is 0 Å². The molecular weight excluding hydrogens is 303 g/mol. The van der Waals surface area contributed by atoms with Crippen molar-refractivity contribution in [1.82, 2.24) is 4.31 Å². The predicted octanol–water partition coefficient (Wildman–Crippen LogP) is 3.14. The summed E-state index contributed by atoms with van der Waals surface area (Å²) in [5.41, 5.74) is -1.22. The van der Waals surface area contributed by atoms with Crippen molar-refractivity contribution in [2.45, 2.75) is 23.9 Å². The fourth-order valence-electron chi connectivity index (χ4n) is 2.02. The van der Waals surface area contributed by atoms with E-state index in [0.717, 1.165) is 16.4 Å². The fraction of sp³-hybridized carbons (Fsp3) is 0.455. The molecule has 0 aromatic heterocycles. The monoisotopic (exact) mass is 313 g/mol. The third kappa shape index (κ3) is 2.88. The summed E-state index contributed by atoms with van der Waals surface area (Å²) in [6.45, 7) is 0.504. The van der Waals surface area contributed by atoms with Crippen LogP contribution in [-0.2, 0) is 16.2 Å². The molecule has 0 N–H and O–H groups in total. The Balaban J connectivity index is 2.56. The molecule has 1 aliphatic heterocycles. The second kappa shape index (κ2) is 4.96. The van der Waals surface area contributed by atoms with E-state index in [4.69, 9.17) is 11.6 Å². The molecule has 0 spiro atoms. The minimum absolute atomic E-state index is 0.146. The van der Waals surface area contributed by atoms with Crippen LogP contribution in [0.3, 0.4) is 0 Å². The number of alkyl halides is 3. The molecule has 3 nitrogen and oxygen atoms in total. The first-order valence-corrected chi connectivity index (χ1v) is 7.41. The maximum atomic E-state index is 12.9. The molecule has 1 heterocycles. The van der Waals surface area contributed by atoms with Crippen LogP contribution in [0.4, 0.5) is 13.2 Å². The summed E-state index contributed by atoms with van der Waals surface area (Å²) < 4.78 is 64.2. The van der Waals surface area contributed by atoms with Gasteiger partial charge in [0.05, 0.1) is 10.5 Å². The first kappa shape index (κ1) is 14.6. The average molecular weight is 314 g/mol. The van der Waals surface area contributed by atoms with Gasteiger partial charge in [-0.2, -0.15) is 17.5 Å². The highest BCUT2D eigenvalue weighted by atomic mass is 35.5. The second-order valence-electron chi connectivity index (χ2n) is 4.25. The van der Waals surface area contributed by atoms with Crippen LogP contribution in [0.15, 0.2) is 23.1 Å². The summed E-state index contributed by atoms with van der Waals surface area (Å²) in [6, 6.07) is 2.71. The van der Waals surface area contributed by atoms with E-state index in [0.29, 0.717) is 18.9 Å². The predicted molar refractivity (Wildman–Crippen MR) is 64.4 cm³/mol. The normalized spacial score (nSPS) is 17.9. The van der Waals surface area contributed by atoms with Gasteiger partial charge in [0.25, 0.3) is 0 Å². The molecular formula is C11H11ClF3NO2S. The first-order valence-electron chi connectivity index (χ1n) is 5.60. The third-order valence-electron chi connectivity index (χ3n) is 2.93. The molecule has 0 aliphatic carbocycles. The summed E-state index contributed by atoms with van der Waals surface area (Å²) in [6.07, 6.45) is -3.44. The summed E-state index contributed by atoms with van der Waals surface area (Å²) in [5, 5.41) is -0.146. The lowest BCUT2D eigenvalue weighted by Crippen LogP contribution is -2.29. The van der Waals surface area contributed by atoms with Gasteiger partial charge in [0.2, 0.25) is 10.0 Å². The lowest BCUT2D eigenvalue weighted by atomic mass is 10.2. The fourth-order valence-corrected chi connectivity index (χ4v) is 3.90. The van der Waals surface area contributed by atoms with E-state index in [1.54, 1.807) is 0 Å². The molecule has 0 unspecified atom stereocenters. The van der Waals surface area contributed by atoms with Gasteiger partial charge in [0.1, 0.15) is 0 Å². The number of benzene rings is 1. The van der Waals surface area contributed by atoms with Crippen molar-refractivity contribution in [3.63, 3.8) is 0 Å². The summed E-state index contributed by atoms with van der Waals surface area (Å²) >= 11 is 5.52. The minimum atomic E-state index is -4.76. The van der Waals surface area contributed by atoms with Crippen molar-refractivity contribution < 1.29 is 21.6 Å². The minimum Gasteiger partial charge on any atom is -0.207 e. The van der Waals surface area contributed by atoms with Gasteiger partial charge in [-0.25, -0.2) is 8.42 Å². The van der Waals surface area contributed by atoms with Gasteiger partial charge >= 0.3 is 6.18 Å². The second-order valence-corrected chi connectivity index (χ2v) is 6.59.